The number of hydrogen-bond acceptors (Lipinski definition) is 7. The number of hydrogen-bond donors (Lipinski definition) is 5. The van der Waals surface area contributed by atoms with Crippen LogP contribution in [0.5, 0.6) is 0 Å². The Morgan fingerprint density at radius 3 is 2.27 bits per heavy atom. The predicted octanol–water partition coefficient (Wildman–Crippen LogP) is 2.06. The molecule has 2 aromatic rings. The first-order valence-electron chi connectivity index (χ1n) is 11.4. The summed E-state index contributed by atoms with van der Waals surface area (Å²) in [4.78, 5) is 0. The van der Waals surface area contributed by atoms with Gasteiger partial charge in [-0.05, 0) is 47.6 Å². The first-order chi connectivity index (χ1) is 15.8. The van der Waals surface area contributed by atoms with Gasteiger partial charge in [-0.25, -0.2) is 0 Å². The smallest absolute Gasteiger partial charge is 0.113 e. The fourth-order valence-electron chi connectivity index (χ4n) is 4.51. The molecule has 0 aliphatic carbocycles. The molecule has 178 valence electrons. The molecule has 1 saturated heterocycles. The summed E-state index contributed by atoms with van der Waals surface area (Å²) in [6.45, 7) is 3.51. The average molecular weight is 456 g/mol. The number of nitrogens with zero attached hydrogens (tertiary/aromatic N) is 1. The molecule has 0 amide bonds. The summed E-state index contributed by atoms with van der Waals surface area (Å²) < 4.78 is 5.66. The van der Waals surface area contributed by atoms with Crippen molar-refractivity contribution in [3.63, 3.8) is 0 Å². The van der Waals surface area contributed by atoms with Crippen LogP contribution in [0.2, 0.25) is 0 Å². The van der Waals surface area contributed by atoms with Gasteiger partial charge in [0.2, 0.25) is 0 Å². The fourth-order valence-corrected chi connectivity index (χ4v) is 4.51. The van der Waals surface area contributed by atoms with E-state index in [1.165, 1.54) is 0 Å². The van der Waals surface area contributed by atoms with Gasteiger partial charge in [-0.2, -0.15) is 5.26 Å². The zero-order valence-electron chi connectivity index (χ0n) is 19.1. The van der Waals surface area contributed by atoms with Crippen LogP contribution < -0.4 is 0 Å². The van der Waals surface area contributed by atoms with Crippen LogP contribution in [0.4, 0.5) is 0 Å². The quantitative estimate of drug-likeness (QED) is 0.411. The maximum atomic E-state index is 10.9. The van der Waals surface area contributed by atoms with Crippen molar-refractivity contribution in [1.82, 2.24) is 0 Å². The van der Waals surface area contributed by atoms with Crippen LogP contribution in [0.15, 0.2) is 42.5 Å². The minimum atomic E-state index is -1.46. The van der Waals surface area contributed by atoms with Crippen molar-refractivity contribution in [3.05, 3.63) is 70.3 Å². The molecule has 1 fully saturated rings. The molecule has 7 heteroatoms. The van der Waals surface area contributed by atoms with E-state index in [2.05, 4.69) is 6.07 Å². The zero-order valence-corrected chi connectivity index (χ0v) is 19.1. The number of aliphatic hydroxyl groups is 5. The van der Waals surface area contributed by atoms with E-state index < -0.39 is 42.7 Å². The summed E-state index contributed by atoms with van der Waals surface area (Å²) in [5.41, 5.74) is 2.71. The highest BCUT2D eigenvalue weighted by molar-refractivity contribution is 5.44. The van der Waals surface area contributed by atoms with E-state index in [1.54, 1.807) is 18.2 Å². The highest BCUT2D eigenvalue weighted by Gasteiger charge is 2.44. The minimum absolute atomic E-state index is 0.451. The molecule has 1 aliphatic heterocycles. The van der Waals surface area contributed by atoms with Crippen LogP contribution in [-0.2, 0) is 16.8 Å². The zero-order chi connectivity index (χ0) is 24.2. The predicted molar refractivity (Wildman–Crippen MR) is 122 cm³/mol. The largest absolute Gasteiger partial charge is 0.394 e. The number of rotatable bonds is 8. The Hall–Kier alpha value is -2.31. The Bertz CT molecular complexity index is 970. The van der Waals surface area contributed by atoms with Gasteiger partial charge in [-0.15, -0.1) is 0 Å². The number of ether oxygens (including phenoxy) is 1. The van der Waals surface area contributed by atoms with E-state index in [1.807, 2.05) is 38.1 Å². The van der Waals surface area contributed by atoms with Gasteiger partial charge in [0.25, 0.3) is 0 Å². The van der Waals surface area contributed by atoms with Crippen LogP contribution in [0, 0.1) is 11.3 Å². The molecule has 0 saturated carbocycles. The van der Waals surface area contributed by atoms with Gasteiger partial charge >= 0.3 is 0 Å². The van der Waals surface area contributed by atoms with Gasteiger partial charge in [0.15, 0.2) is 0 Å². The SMILES string of the molecule is CCCC(O)(CC)c1ccc(Cc2cc([C@@H]3O[C@H](CO)[C@@H](O)[C@H](O)[C@H]3O)ccc2C#N)cc1. The molecule has 0 aromatic heterocycles. The topological polar surface area (TPSA) is 134 Å². The van der Waals surface area contributed by atoms with Gasteiger partial charge in [0.05, 0.1) is 23.8 Å². The Morgan fingerprint density at radius 1 is 1.00 bits per heavy atom. The third-order valence-corrected chi connectivity index (χ3v) is 6.60. The molecule has 5 N–H and O–H groups in total. The van der Waals surface area contributed by atoms with Crippen LogP contribution in [0.1, 0.15) is 67.0 Å². The average Bonchev–Trinajstić information content (AvgIpc) is 2.83. The molecule has 33 heavy (non-hydrogen) atoms. The summed E-state index contributed by atoms with van der Waals surface area (Å²) >= 11 is 0. The van der Waals surface area contributed by atoms with Crippen molar-refractivity contribution >= 4 is 0 Å². The van der Waals surface area contributed by atoms with E-state index in [4.69, 9.17) is 4.74 Å². The molecule has 1 unspecified atom stereocenters. The summed E-state index contributed by atoms with van der Waals surface area (Å²) in [6, 6.07) is 14.9. The number of aliphatic hydroxyl groups excluding tert-OH is 4. The highest BCUT2D eigenvalue weighted by atomic mass is 16.5. The second-order valence-corrected chi connectivity index (χ2v) is 8.79. The van der Waals surface area contributed by atoms with Crippen molar-refractivity contribution in [3.8, 4) is 6.07 Å². The van der Waals surface area contributed by atoms with Crippen molar-refractivity contribution in [2.24, 2.45) is 0 Å². The maximum Gasteiger partial charge on any atom is 0.113 e. The van der Waals surface area contributed by atoms with Crippen LogP contribution >= 0.6 is 0 Å². The Morgan fingerprint density at radius 2 is 1.70 bits per heavy atom. The lowest BCUT2D eigenvalue weighted by atomic mass is 9.86. The third-order valence-electron chi connectivity index (χ3n) is 6.60. The van der Waals surface area contributed by atoms with Crippen LogP contribution in [-0.4, -0.2) is 56.6 Å². The van der Waals surface area contributed by atoms with Crippen molar-refractivity contribution in [2.45, 2.75) is 75.7 Å². The van der Waals surface area contributed by atoms with E-state index in [0.717, 1.165) is 23.1 Å². The maximum absolute atomic E-state index is 10.9. The van der Waals surface area contributed by atoms with Gasteiger partial charge in [-0.1, -0.05) is 56.7 Å². The van der Waals surface area contributed by atoms with E-state index in [0.29, 0.717) is 30.4 Å². The van der Waals surface area contributed by atoms with E-state index >= 15 is 0 Å². The Labute approximate surface area is 194 Å². The summed E-state index contributed by atoms with van der Waals surface area (Å²) in [7, 11) is 0. The summed E-state index contributed by atoms with van der Waals surface area (Å²) in [6.07, 6.45) is -3.59. The Balaban J connectivity index is 1.87. The molecule has 6 atom stereocenters. The van der Waals surface area contributed by atoms with Crippen molar-refractivity contribution in [1.29, 1.82) is 5.26 Å². The van der Waals surface area contributed by atoms with Gasteiger partial charge in [0, 0.05) is 0 Å². The van der Waals surface area contributed by atoms with Gasteiger partial charge in [0.1, 0.15) is 30.5 Å². The first kappa shape index (κ1) is 25.3. The normalized spacial score (nSPS) is 27.0. The molecule has 0 radical (unpaired) electrons. The number of nitriles is 1. The number of benzene rings is 2. The molecule has 1 aliphatic rings. The summed E-state index contributed by atoms with van der Waals surface area (Å²) in [5.74, 6) is 0. The molecule has 0 spiro atoms. The Kier molecular flexibility index (Phi) is 8.24. The molecule has 7 nitrogen and oxygen atoms in total. The molecular weight excluding hydrogens is 422 g/mol. The van der Waals surface area contributed by atoms with Crippen LogP contribution in [0.3, 0.4) is 0 Å². The second kappa shape index (κ2) is 10.7. The van der Waals surface area contributed by atoms with Gasteiger partial charge in [-0.3, -0.25) is 0 Å². The van der Waals surface area contributed by atoms with Gasteiger partial charge < -0.3 is 30.3 Å². The standard InChI is InChI=1S/C26H33NO6/c1-3-11-26(32,4-2)20-9-5-16(6-10-20)12-19-13-17(7-8-18(19)14-27)25-24(31)23(30)22(29)21(15-28)33-25/h5-10,13,21-25,28-32H,3-4,11-12,15H2,1-2H3/t21-,22-,23+,24-,25+,26?/m1/s1. The van der Waals surface area contributed by atoms with Crippen LogP contribution in [0.25, 0.3) is 0 Å². The lowest BCUT2D eigenvalue weighted by Gasteiger charge is -2.40. The van der Waals surface area contributed by atoms with Crippen molar-refractivity contribution in [2.75, 3.05) is 6.61 Å². The molecular formula is C26H33NO6. The molecule has 0 bridgehead atoms. The third kappa shape index (κ3) is 5.28. The highest BCUT2D eigenvalue weighted by Crippen LogP contribution is 2.34. The lowest BCUT2D eigenvalue weighted by Crippen LogP contribution is -2.55. The monoisotopic (exact) mass is 455 g/mol. The lowest BCUT2D eigenvalue weighted by molar-refractivity contribution is -0.231. The van der Waals surface area contributed by atoms with Crippen molar-refractivity contribution < 1.29 is 30.3 Å². The van der Waals surface area contributed by atoms with E-state index in [-0.39, 0.29) is 0 Å². The first-order valence-corrected chi connectivity index (χ1v) is 11.4. The minimum Gasteiger partial charge on any atom is -0.394 e. The second-order valence-electron chi connectivity index (χ2n) is 8.79. The molecule has 1 heterocycles. The van der Waals surface area contributed by atoms with E-state index in [9.17, 15) is 30.8 Å². The fraction of sp³-hybridized carbons (Fsp3) is 0.500. The molecule has 3 rings (SSSR count). The summed E-state index contributed by atoms with van der Waals surface area (Å²) in [5, 5.41) is 60.5. The molecule has 2 aromatic carbocycles.